The Morgan fingerprint density at radius 2 is 1.90 bits per heavy atom. The zero-order valence-corrected chi connectivity index (χ0v) is 12.4. The summed E-state index contributed by atoms with van der Waals surface area (Å²) >= 11 is 0. The number of para-hydroxylation sites is 1. The van der Waals surface area contributed by atoms with Gasteiger partial charge in [-0.3, -0.25) is 0 Å². The van der Waals surface area contributed by atoms with Gasteiger partial charge in [-0.05, 0) is 32.1 Å². The smallest absolute Gasteiger partial charge is 0.339 e. The van der Waals surface area contributed by atoms with E-state index in [1.807, 2.05) is 6.92 Å². The Kier molecular flexibility index (Phi) is 6.87. The molecule has 0 amide bonds. The second-order valence-electron chi connectivity index (χ2n) is 4.25. The van der Waals surface area contributed by atoms with Crippen molar-refractivity contribution in [3.05, 3.63) is 23.8 Å². The van der Waals surface area contributed by atoms with Gasteiger partial charge in [-0.25, -0.2) is 4.79 Å². The molecule has 0 unspecified atom stereocenters. The minimum Gasteiger partial charge on any atom is -0.490 e. The van der Waals surface area contributed by atoms with E-state index < -0.39 is 5.97 Å². The number of benzene rings is 1. The summed E-state index contributed by atoms with van der Waals surface area (Å²) < 4.78 is 11.1. The summed E-state index contributed by atoms with van der Waals surface area (Å²) in [6.45, 7) is 9.57. The van der Waals surface area contributed by atoms with Crippen LogP contribution in [0.5, 0.6) is 11.5 Å². The molecule has 0 aliphatic carbocycles. The maximum atomic E-state index is 11.2. The largest absolute Gasteiger partial charge is 0.490 e. The predicted molar refractivity (Wildman–Crippen MR) is 77.9 cm³/mol. The lowest BCUT2D eigenvalue weighted by atomic mass is 10.2. The Morgan fingerprint density at radius 3 is 2.45 bits per heavy atom. The summed E-state index contributed by atoms with van der Waals surface area (Å²) in [6, 6.07) is 4.91. The number of ether oxygens (including phenoxy) is 2. The van der Waals surface area contributed by atoms with Gasteiger partial charge in [-0.2, -0.15) is 0 Å². The third-order valence-electron chi connectivity index (χ3n) is 3.06. The topological polar surface area (TPSA) is 59.0 Å². The summed E-state index contributed by atoms with van der Waals surface area (Å²) in [4.78, 5) is 13.5. The number of carboxylic acids is 1. The first-order valence-corrected chi connectivity index (χ1v) is 6.98. The van der Waals surface area contributed by atoms with E-state index >= 15 is 0 Å². The van der Waals surface area contributed by atoms with Crippen LogP contribution in [-0.2, 0) is 0 Å². The molecule has 1 N–H and O–H groups in total. The Bertz CT molecular complexity index is 430. The molecular weight excluding hydrogens is 258 g/mol. The van der Waals surface area contributed by atoms with Gasteiger partial charge in [0.1, 0.15) is 12.2 Å². The van der Waals surface area contributed by atoms with Gasteiger partial charge in [0.2, 0.25) is 0 Å². The first-order valence-electron chi connectivity index (χ1n) is 6.98. The molecular formula is C15H23NO4. The van der Waals surface area contributed by atoms with Crippen LogP contribution in [0.4, 0.5) is 0 Å². The van der Waals surface area contributed by atoms with Crippen molar-refractivity contribution in [1.29, 1.82) is 0 Å². The standard InChI is InChI=1S/C15H23NO4/c1-4-16(5-2)10-11-20-14-12(15(17)18)8-7-9-13(14)19-6-3/h7-9H,4-6,10-11H2,1-3H3,(H,17,18). The van der Waals surface area contributed by atoms with Gasteiger partial charge in [-0.1, -0.05) is 19.9 Å². The number of hydrogen-bond donors (Lipinski definition) is 1. The summed E-state index contributed by atoms with van der Waals surface area (Å²) in [6.07, 6.45) is 0. The van der Waals surface area contributed by atoms with Crippen molar-refractivity contribution >= 4 is 5.97 Å². The number of nitrogens with zero attached hydrogens (tertiary/aromatic N) is 1. The molecule has 0 radical (unpaired) electrons. The molecule has 0 saturated heterocycles. The van der Waals surface area contributed by atoms with Crippen molar-refractivity contribution in [1.82, 2.24) is 4.90 Å². The third-order valence-corrected chi connectivity index (χ3v) is 3.06. The van der Waals surface area contributed by atoms with Gasteiger partial charge in [-0.15, -0.1) is 0 Å². The van der Waals surface area contributed by atoms with Gasteiger partial charge in [0.15, 0.2) is 11.5 Å². The van der Waals surface area contributed by atoms with Crippen LogP contribution in [0.25, 0.3) is 0 Å². The number of hydrogen-bond acceptors (Lipinski definition) is 4. The molecule has 0 aliphatic heterocycles. The minimum atomic E-state index is -1.01. The fourth-order valence-electron chi connectivity index (χ4n) is 1.92. The highest BCUT2D eigenvalue weighted by molar-refractivity contribution is 5.92. The minimum absolute atomic E-state index is 0.135. The van der Waals surface area contributed by atoms with E-state index in [1.54, 1.807) is 12.1 Å². The third kappa shape index (κ3) is 4.42. The van der Waals surface area contributed by atoms with E-state index in [-0.39, 0.29) is 5.56 Å². The van der Waals surface area contributed by atoms with Gasteiger partial charge < -0.3 is 19.5 Å². The highest BCUT2D eigenvalue weighted by Gasteiger charge is 2.16. The lowest BCUT2D eigenvalue weighted by molar-refractivity contribution is 0.0690. The van der Waals surface area contributed by atoms with E-state index in [2.05, 4.69) is 18.7 Å². The van der Waals surface area contributed by atoms with Crippen molar-refractivity contribution < 1.29 is 19.4 Å². The van der Waals surface area contributed by atoms with Crippen molar-refractivity contribution in [3.63, 3.8) is 0 Å². The number of aromatic carboxylic acids is 1. The average Bonchev–Trinajstić information content (AvgIpc) is 2.45. The zero-order valence-electron chi connectivity index (χ0n) is 12.4. The SMILES string of the molecule is CCOc1cccc(C(=O)O)c1OCCN(CC)CC. The van der Waals surface area contributed by atoms with E-state index in [0.717, 1.165) is 19.6 Å². The van der Waals surface area contributed by atoms with Gasteiger partial charge in [0.05, 0.1) is 6.61 Å². The second-order valence-corrected chi connectivity index (χ2v) is 4.25. The summed E-state index contributed by atoms with van der Waals surface area (Å²) in [5.41, 5.74) is 0.135. The second kappa shape index (κ2) is 8.43. The molecule has 112 valence electrons. The quantitative estimate of drug-likeness (QED) is 0.753. The number of rotatable bonds is 9. The number of likely N-dealkylation sites (N-methyl/N-ethyl adjacent to an activating group) is 1. The molecule has 5 heteroatoms. The monoisotopic (exact) mass is 281 g/mol. The molecule has 1 aromatic carbocycles. The van der Waals surface area contributed by atoms with E-state index in [1.165, 1.54) is 6.07 Å². The summed E-state index contributed by atoms with van der Waals surface area (Å²) in [5, 5.41) is 9.21. The summed E-state index contributed by atoms with van der Waals surface area (Å²) in [5.74, 6) is -0.217. The van der Waals surface area contributed by atoms with Crippen LogP contribution in [-0.4, -0.2) is 48.8 Å². The van der Waals surface area contributed by atoms with Crippen LogP contribution in [0.15, 0.2) is 18.2 Å². The van der Waals surface area contributed by atoms with Crippen LogP contribution >= 0.6 is 0 Å². The van der Waals surface area contributed by atoms with Gasteiger partial charge >= 0.3 is 5.97 Å². The first kappa shape index (κ1) is 16.3. The summed E-state index contributed by atoms with van der Waals surface area (Å²) in [7, 11) is 0. The molecule has 0 saturated carbocycles. The molecule has 0 aliphatic rings. The molecule has 1 rings (SSSR count). The Morgan fingerprint density at radius 1 is 1.20 bits per heavy atom. The molecule has 0 heterocycles. The van der Waals surface area contributed by atoms with Crippen molar-refractivity contribution in [2.75, 3.05) is 32.8 Å². The number of carbonyl (C=O) groups is 1. The van der Waals surface area contributed by atoms with Gasteiger partial charge in [0.25, 0.3) is 0 Å². The van der Waals surface area contributed by atoms with Gasteiger partial charge in [0, 0.05) is 6.54 Å². The highest BCUT2D eigenvalue weighted by atomic mass is 16.5. The molecule has 0 spiro atoms. The molecule has 5 nitrogen and oxygen atoms in total. The molecule has 1 aromatic rings. The van der Waals surface area contributed by atoms with Crippen LogP contribution in [0.3, 0.4) is 0 Å². The van der Waals surface area contributed by atoms with E-state index in [9.17, 15) is 9.90 Å². The Balaban J connectivity index is 2.82. The molecule has 0 fully saturated rings. The molecule has 0 bridgehead atoms. The maximum Gasteiger partial charge on any atom is 0.339 e. The highest BCUT2D eigenvalue weighted by Crippen LogP contribution is 2.31. The molecule has 20 heavy (non-hydrogen) atoms. The zero-order chi connectivity index (χ0) is 15.0. The fourth-order valence-corrected chi connectivity index (χ4v) is 1.92. The van der Waals surface area contributed by atoms with Crippen molar-refractivity contribution in [3.8, 4) is 11.5 Å². The predicted octanol–water partition coefficient (Wildman–Crippen LogP) is 2.50. The Hall–Kier alpha value is -1.75. The van der Waals surface area contributed by atoms with Crippen molar-refractivity contribution in [2.45, 2.75) is 20.8 Å². The van der Waals surface area contributed by atoms with E-state index in [4.69, 9.17) is 9.47 Å². The maximum absolute atomic E-state index is 11.2. The van der Waals surface area contributed by atoms with Crippen molar-refractivity contribution in [2.24, 2.45) is 0 Å². The normalized spacial score (nSPS) is 10.6. The van der Waals surface area contributed by atoms with Crippen LogP contribution in [0.2, 0.25) is 0 Å². The average molecular weight is 281 g/mol. The lowest BCUT2D eigenvalue weighted by Gasteiger charge is -2.19. The molecule has 0 atom stereocenters. The van der Waals surface area contributed by atoms with Crippen LogP contribution in [0, 0.1) is 0 Å². The van der Waals surface area contributed by atoms with E-state index in [0.29, 0.717) is 24.7 Å². The lowest BCUT2D eigenvalue weighted by Crippen LogP contribution is -2.28. The van der Waals surface area contributed by atoms with Crippen LogP contribution in [0.1, 0.15) is 31.1 Å². The fraction of sp³-hybridized carbons (Fsp3) is 0.533. The Labute approximate surface area is 120 Å². The van der Waals surface area contributed by atoms with Crippen LogP contribution < -0.4 is 9.47 Å². The molecule has 0 aromatic heterocycles. The number of carboxylic acid groups (broad SMARTS) is 1. The first-order chi connectivity index (χ1) is 9.63.